The first-order valence-electron chi connectivity index (χ1n) is 6.96. The van der Waals surface area contributed by atoms with Crippen molar-refractivity contribution in [1.82, 2.24) is 9.97 Å². The van der Waals surface area contributed by atoms with Crippen molar-refractivity contribution in [3.8, 4) is 11.5 Å². The van der Waals surface area contributed by atoms with Gasteiger partial charge in [-0.05, 0) is 42.8 Å². The molecule has 6 nitrogen and oxygen atoms in total. The number of phenolic OH excluding ortho intramolecular Hbond substituents is 1. The molecule has 1 heterocycles. The number of hydrazone groups is 1. The summed E-state index contributed by atoms with van der Waals surface area (Å²) in [6, 6.07) is 12.9. The Morgan fingerprint density at radius 1 is 1.32 bits per heavy atom. The predicted molar refractivity (Wildman–Crippen MR) is 86.6 cm³/mol. The highest BCUT2D eigenvalue weighted by atomic mass is 16.5. The van der Waals surface area contributed by atoms with Crippen molar-refractivity contribution in [3.63, 3.8) is 0 Å². The number of aromatic hydroxyl groups is 1. The minimum Gasteiger partial charge on any atom is -0.504 e. The number of hydrogen-bond acceptors (Lipinski definition) is 5. The Labute approximate surface area is 127 Å². The van der Waals surface area contributed by atoms with Gasteiger partial charge in [-0.25, -0.2) is 10.4 Å². The normalized spacial score (nSPS) is 11.1. The highest BCUT2D eigenvalue weighted by molar-refractivity contribution is 5.82. The lowest BCUT2D eigenvalue weighted by molar-refractivity contribution is 0.318. The van der Waals surface area contributed by atoms with Crippen molar-refractivity contribution in [2.45, 2.75) is 6.92 Å². The number of rotatable bonds is 5. The van der Waals surface area contributed by atoms with Crippen molar-refractivity contribution in [2.24, 2.45) is 5.10 Å². The second-order valence-electron chi connectivity index (χ2n) is 4.63. The lowest BCUT2D eigenvalue weighted by atomic mass is 10.2. The fourth-order valence-electron chi connectivity index (χ4n) is 2.07. The molecule has 0 atom stereocenters. The number of H-pyrrole nitrogens is 1. The molecular formula is C16H16N4O2. The number of aromatic nitrogens is 2. The number of imidazole rings is 1. The Morgan fingerprint density at radius 2 is 2.18 bits per heavy atom. The van der Waals surface area contributed by atoms with Gasteiger partial charge in [0.1, 0.15) is 0 Å². The molecular weight excluding hydrogens is 280 g/mol. The summed E-state index contributed by atoms with van der Waals surface area (Å²) < 4.78 is 5.27. The van der Waals surface area contributed by atoms with Crippen LogP contribution < -0.4 is 10.2 Å². The zero-order chi connectivity index (χ0) is 15.4. The van der Waals surface area contributed by atoms with Gasteiger partial charge in [-0.3, -0.25) is 0 Å². The molecule has 2 aromatic carbocycles. The van der Waals surface area contributed by atoms with Gasteiger partial charge in [-0.1, -0.05) is 12.1 Å². The molecule has 3 rings (SSSR count). The van der Waals surface area contributed by atoms with Crippen LogP contribution in [-0.2, 0) is 0 Å². The van der Waals surface area contributed by atoms with Gasteiger partial charge in [-0.2, -0.15) is 5.10 Å². The van der Waals surface area contributed by atoms with Crippen molar-refractivity contribution in [3.05, 3.63) is 48.0 Å². The summed E-state index contributed by atoms with van der Waals surface area (Å²) in [6.45, 7) is 2.38. The predicted octanol–water partition coefficient (Wildman–Crippen LogP) is 3.11. The second kappa shape index (κ2) is 6.17. The Bertz CT molecular complexity index is 778. The Balaban J connectivity index is 1.70. The summed E-state index contributed by atoms with van der Waals surface area (Å²) >= 11 is 0. The van der Waals surface area contributed by atoms with Crippen molar-refractivity contribution in [1.29, 1.82) is 0 Å². The summed E-state index contributed by atoms with van der Waals surface area (Å²) in [4.78, 5) is 7.46. The van der Waals surface area contributed by atoms with Gasteiger partial charge in [0, 0.05) is 0 Å². The van der Waals surface area contributed by atoms with E-state index in [-0.39, 0.29) is 5.75 Å². The molecule has 0 bridgehead atoms. The van der Waals surface area contributed by atoms with Crippen LogP contribution in [0.4, 0.5) is 5.95 Å². The molecule has 0 radical (unpaired) electrons. The van der Waals surface area contributed by atoms with Crippen LogP contribution in [0.5, 0.6) is 11.5 Å². The molecule has 1 aromatic heterocycles. The Hall–Kier alpha value is -3.02. The molecule has 0 amide bonds. The fraction of sp³-hybridized carbons (Fsp3) is 0.125. The molecule has 0 aliphatic carbocycles. The molecule has 0 saturated carbocycles. The van der Waals surface area contributed by atoms with E-state index in [1.165, 1.54) is 0 Å². The van der Waals surface area contributed by atoms with Gasteiger partial charge in [-0.15, -0.1) is 0 Å². The van der Waals surface area contributed by atoms with Crippen LogP contribution in [0.25, 0.3) is 11.0 Å². The van der Waals surface area contributed by atoms with E-state index in [1.54, 1.807) is 18.3 Å². The van der Waals surface area contributed by atoms with Crippen LogP contribution in [0.2, 0.25) is 0 Å². The molecule has 6 heteroatoms. The summed E-state index contributed by atoms with van der Waals surface area (Å²) in [5, 5.41) is 13.9. The van der Waals surface area contributed by atoms with Crippen molar-refractivity contribution < 1.29 is 9.84 Å². The third-order valence-electron chi connectivity index (χ3n) is 3.06. The molecule has 3 N–H and O–H groups in total. The number of nitrogens with one attached hydrogen (secondary N) is 2. The van der Waals surface area contributed by atoms with Crippen LogP contribution in [0.3, 0.4) is 0 Å². The molecule has 0 unspecified atom stereocenters. The maximum atomic E-state index is 9.81. The molecule has 0 aliphatic heterocycles. The average molecular weight is 296 g/mol. The maximum absolute atomic E-state index is 9.81. The topological polar surface area (TPSA) is 82.5 Å². The third-order valence-corrected chi connectivity index (χ3v) is 3.06. The number of nitrogens with zero attached hydrogens (tertiary/aromatic N) is 2. The molecule has 0 saturated heterocycles. The van der Waals surface area contributed by atoms with Gasteiger partial charge in [0.15, 0.2) is 11.5 Å². The maximum Gasteiger partial charge on any atom is 0.222 e. The van der Waals surface area contributed by atoms with Gasteiger partial charge < -0.3 is 14.8 Å². The smallest absolute Gasteiger partial charge is 0.222 e. The van der Waals surface area contributed by atoms with Crippen LogP contribution in [0.15, 0.2) is 47.6 Å². The first-order chi connectivity index (χ1) is 10.8. The number of para-hydroxylation sites is 2. The van der Waals surface area contributed by atoms with E-state index in [0.29, 0.717) is 18.3 Å². The van der Waals surface area contributed by atoms with Crippen LogP contribution in [0.1, 0.15) is 12.5 Å². The van der Waals surface area contributed by atoms with E-state index in [9.17, 15) is 5.11 Å². The first kappa shape index (κ1) is 13.9. The summed E-state index contributed by atoms with van der Waals surface area (Å²) in [5.41, 5.74) is 5.40. The number of anilines is 1. The molecule has 0 aliphatic rings. The fourth-order valence-corrected chi connectivity index (χ4v) is 2.07. The lowest BCUT2D eigenvalue weighted by Gasteiger charge is -2.05. The first-order valence-corrected chi connectivity index (χ1v) is 6.96. The Morgan fingerprint density at radius 3 is 2.95 bits per heavy atom. The van der Waals surface area contributed by atoms with E-state index in [2.05, 4.69) is 20.5 Å². The molecule has 0 spiro atoms. The van der Waals surface area contributed by atoms with Crippen molar-refractivity contribution >= 4 is 23.2 Å². The second-order valence-corrected chi connectivity index (χ2v) is 4.63. The molecule has 112 valence electrons. The quantitative estimate of drug-likeness (QED) is 0.499. The number of benzene rings is 2. The van der Waals surface area contributed by atoms with E-state index in [1.807, 2.05) is 37.3 Å². The molecule has 0 fully saturated rings. The number of fused-ring (bicyclic) bond motifs is 1. The van der Waals surface area contributed by atoms with Crippen molar-refractivity contribution in [2.75, 3.05) is 12.0 Å². The van der Waals surface area contributed by atoms with Gasteiger partial charge in [0.05, 0.1) is 23.9 Å². The number of ether oxygens (including phenoxy) is 1. The molecule has 22 heavy (non-hydrogen) atoms. The van der Waals surface area contributed by atoms with E-state index in [4.69, 9.17) is 4.74 Å². The number of aromatic amines is 1. The molecule has 3 aromatic rings. The van der Waals surface area contributed by atoms with E-state index in [0.717, 1.165) is 16.6 Å². The van der Waals surface area contributed by atoms with E-state index < -0.39 is 0 Å². The minimum absolute atomic E-state index is 0.0922. The zero-order valence-electron chi connectivity index (χ0n) is 12.1. The van der Waals surface area contributed by atoms with Gasteiger partial charge in [0.2, 0.25) is 5.95 Å². The third kappa shape index (κ3) is 3.01. The van der Waals surface area contributed by atoms with Gasteiger partial charge >= 0.3 is 0 Å². The standard InChI is InChI=1S/C16H16N4O2/c1-2-22-15-8-7-11(9-14(15)21)10-17-20-16-18-12-5-3-4-6-13(12)19-16/h3-10,21H,2H2,1H3,(H2,18,19,20)/b17-10+. The largest absolute Gasteiger partial charge is 0.504 e. The summed E-state index contributed by atoms with van der Waals surface area (Å²) in [7, 11) is 0. The average Bonchev–Trinajstić information content (AvgIpc) is 2.93. The SMILES string of the molecule is CCOc1ccc(/C=N/Nc2nc3ccccc3[nH]2)cc1O. The number of hydrogen-bond donors (Lipinski definition) is 3. The highest BCUT2D eigenvalue weighted by Gasteiger charge is 2.02. The summed E-state index contributed by atoms with van der Waals surface area (Å²) in [5.74, 6) is 1.12. The highest BCUT2D eigenvalue weighted by Crippen LogP contribution is 2.26. The Kier molecular flexibility index (Phi) is 3.91. The van der Waals surface area contributed by atoms with Crippen LogP contribution in [0, 0.1) is 0 Å². The summed E-state index contributed by atoms with van der Waals surface area (Å²) in [6.07, 6.45) is 1.60. The zero-order valence-corrected chi connectivity index (χ0v) is 12.1. The lowest BCUT2D eigenvalue weighted by Crippen LogP contribution is -1.94. The van der Waals surface area contributed by atoms with E-state index >= 15 is 0 Å². The van der Waals surface area contributed by atoms with Crippen LogP contribution >= 0.6 is 0 Å². The monoisotopic (exact) mass is 296 g/mol. The number of phenols is 1. The van der Waals surface area contributed by atoms with Gasteiger partial charge in [0.25, 0.3) is 0 Å². The van der Waals surface area contributed by atoms with Crippen LogP contribution in [-0.4, -0.2) is 27.9 Å². The minimum atomic E-state index is 0.0922.